The molecule has 0 aliphatic carbocycles. The smallest absolute Gasteiger partial charge is 0.221 e. The van der Waals surface area contributed by atoms with Crippen molar-refractivity contribution in [3.05, 3.63) is 53.6 Å². The number of nitrogens with zero attached hydrogens (tertiary/aromatic N) is 3. The molecule has 0 saturated heterocycles. The SMILES string of the molecule is CN1OC2(CCOc3ccc(-c4cccc(C#N)c4)cc32)N=C1N. The fourth-order valence-corrected chi connectivity index (χ4v) is 3.10. The Bertz CT molecular complexity index is 887. The zero-order chi connectivity index (χ0) is 16.7. The van der Waals surface area contributed by atoms with Gasteiger partial charge < -0.3 is 10.5 Å². The number of rotatable bonds is 1. The Hall–Kier alpha value is -3.04. The van der Waals surface area contributed by atoms with Gasteiger partial charge in [0.05, 0.1) is 23.8 Å². The van der Waals surface area contributed by atoms with Gasteiger partial charge in [0.25, 0.3) is 0 Å². The lowest BCUT2D eigenvalue weighted by Gasteiger charge is -2.32. The molecule has 2 N–H and O–H groups in total. The highest BCUT2D eigenvalue weighted by Crippen LogP contribution is 2.45. The molecule has 0 amide bonds. The number of hydrogen-bond acceptors (Lipinski definition) is 6. The van der Waals surface area contributed by atoms with Crippen LogP contribution < -0.4 is 10.5 Å². The van der Waals surface area contributed by atoms with Crippen LogP contribution in [0.1, 0.15) is 17.5 Å². The van der Waals surface area contributed by atoms with Crippen LogP contribution in [0.2, 0.25) is 0 Å². The molecule has 2 aliphatic rings. The maximum absolute atomic E-state index is 9.10. The number of guanidine groups is 1. The highest BCUT2D eigenvalue weighted by atomic mass is 16.7. The third kappa shape index (κ3) is 2.18. The Morgan fingerprint density at radius 1 is 1.25 bits per heavy atom. The predicted molar refractivity (Wildman–Crippen MR) is 88.9 cm³/mol. The van der Waals surface area contributed by atoms with E-state index in [2.05, 4.69) is 11.1 Å². The van der Waals surface area contributed by atoms with E-state index in [1.807, 2.05) is 36.4 Å². The molecule has 2 aromatic carbocycles. The summed E-state index contributed by atoms with van der Waals surface area (Å²) in [7, 11) is 1.74. The molecule has 120 valence electrons. The molecule has 0 fully saturated rings. The summed E-state index contributed by atoms with van der Waals surface area (Å²) >= 11 is 0. The van der Waals surface area contributed by atoms with Crippen molar-refractivity contribution >= 4 is 5.96 Å². The summed E-state index contributed by atoms with van der Waals surface area (Å²) in [6.07, 6.45) is 0.590. The minimum atomic E-state index is -0.838. The molecule has 0 saturated carbocycles. The van der Waals surface area contributed by atoms with Crippen LogP contribution in [0.25, 0.3) is 11.1 Å². The quantitative estimate of drug-likeness (QED) is 0.872. The first-order chi connectivity index (χ1) is 11.6. The fraction of sp³-hybridized carbons (Fsp3) is 0.222. The second-order valence-electron chi connectivity index (χ2n) is 5.85. The van der Waals surface area contributed by atoms with E-state index in [1.54, 1.807) is 13.1 Å². The molecular formula is C18H16N4O2. The van der Waals surface area contributed by atoms with Crippen molar-refractivity contribution < 1.29 is 9.57 Å². The van der Waals surface area contributed by atoms with Gasteiger partial charge in [-0.05, 0) is 35.4 Å². The third-order valence-electron chi connectivity index (χ3n) is 4.33. The van der Waals surface area contributed by atoms with Gasteiger partial charge in [-0.1, -0.05) is 18.2 Å². The highest BCUT2D eigenvalue weighted by Gasteiger charge is 2.45. The van der Waals surface area contributed by atoms with Crippen LogP contribution in [0.5, 0.6) is 5.75 Å². The summed E-state index contributed by atoms with van der Waals surface area (Å²) in [5.41, 5.74) is 8.47. The van der Waals surface area contributed by atoms with Gasteiger partial charge in [0.2, 0.25) is 11.7 Å². The summed E-state index contributed by atoms with van der Waals surface area (Å²) in [5, 5.41) is 10.6. The zero-order valence-corrected chi connectivity index (χ0v) is 13.2. The number of fused-ring (bicyclic) bond motifs is 2. The average molecular weight is 320 g/mol. The number of ether oxygens (including phenoxy) is 1. The minimum Gasteiger partial charge on any atom is -0.493 e. The lowest BCUT2D eigenvalue weighted by Crippen LogP contribution is -2.35. The van der Waals surface area contributed by atoms with Crippen LogP contribution in [0, 0.1) is 11.3 Å². The number of hydroxylamine groups is 2. The summed E-state index contributed by atoms with van der Waals surface area (Å²) < 4.78 is 5.76. The maximum atomic E-state index is 9.10. The van der Waals surface area contributed by atoms with E-state index in [0.717, 1.165) is 22.4 Å². The summed E-state index contributed by atoms with van der Waals surface area (Å²) in [6.45, 7) is 0.515. The van der Waals surface area contributed by atoms with Gasteiger partial charge in [-0.2, -0.15) is 5.26 Å². The topological polar surface area (TPSA) is 83.9 Å². The predicted octanol–water partition coefficient (Wildman–Crippen LogP) is 2.35. The van der Waals surface area contributed by atoms with Crippen molar-refractivity contribution in [2.75, 3.05) is 13.7 Å². The van der Waals surface area contributed by atoms with Crippen molar-refractivity contribution in [3.63, 3.8) is 0 Å². The van der Waals surface area contributed by atoms with Crippen molar-refractivity contribution in [1.29, 1.82) is 5.26 Å². The standard InChI is InChI=1S/C18H16N4O2/c1-22-17(20)21-18(24-22)7-8-23-16-6-5-14(10-15(16)18)13-4-2-3-12(9-13)11-19/h2-6,9-10H,7-8H2,1H3,(H2,20,21). The lowest BCUT2D eigenvalue weighted by molar-refractivity contribution is -0.183. The van der Waals surface area contributed by atoms with Crippen LogP contribution in [0.3, 0.4) is 0 Å². The normalized spacial score (nSPS) is 21.8. The molecule has 2 aromatic rings. The molecule has 4 rings (SSSR count). The van der Waals surface area contributed by atoms with Crippen LogP contribution in [0.4, 0.5) is 0 Å². The Balaban J connectivity index is 1.84. The van der Waals surface area contributed by atoms with E-state index in [1.165, 1.54) is 5.06 Å². The van der Waals surface area contributed by atoms with Crippen LogP contribution in [-0.2, 0) is 10.6 Å². The van der Waals surface area contributed by atoms with Gasteiger partial charge in [0.1, 0.15) is 5.75 Å². The third-order valence-corrected chi connectivity index (χ3v) is 4.33. The number of hydrogen-bond donors (Lipinski definition) is 1. The van der Waals surface area contributed by atoms with Gasteiger partial charge in [-0.15, -0.1) is 0 Å². The Morgan fingerprint density at radius 3 is 2.83 bits per heavy atom. The van der Waals surface area contributed by atoms with E-state index in [-0.39, 0.29) is 0 Å². The van der Waals surface area contributed by atoms with Gasteiger partial charge >= 0.3 is 0 Å². The van der Waals surface area contributed by atoms with Crippen LogP contribution >= 0.6 is 0 Å². The molecule has 0 bridgehead atoms. The molecule has 2 aliphatic heterocycles. The summed E-state index contributed by atoms with van der Waals surface area (Å²) in [6, 6.07) is 15.5. The molecule has 24 heavy (non-hydrogen) atoms. The Labute approximate surface area is 139 Å². The largest absolute Gasteiger partial charge is 0.493 e. The molecule has 0 aromatic heterocycles. The van der Waals surface area contributed by atoms with Gasteiger partial charge in [0.15, 0.2) is 0 Å². The van der Waals surface area contributed by atoms with E-state index in [4.69, 9.17) is 20.6 Å². The average Bonchev–Trinajstić information content (AvgIpc) is 2.89. The molecule has 1 atom stereocenters. The van der Waals surface area contributed by atoms with E-state index in [0.29, 0.717) is 24.6 Å². The first-order valence-electron chi connectivity index (χ1n) is 7.67. The fourth-order valence-electron chi connectivity index (χ4n) is 3.10. The van der Waals surface area contributed by atoms with E-state index < -0.39 is 5.72 Å². The van der Waals surface area contributed by atoms with Crippen molar-refractivity contribution in [3.8, 4) is 22.9 Å². The number of nitriles is 1. The van der Waals surface area contributed by atoms with Gasteiger partial charge in [-0.25, -0.2) is 14.9 Å². The zero-order valence-electron chi connectivity index (χ0n) is 13.2. The van der Waals surface area contributed by atoms with Crippen LogP contribution in [0.15, 0.2) is 47.5 Å². The maximum Gasteiger partial charge on any atom is 0.221 e. The first-order valence-corrected chi connectivity index (χ1v) is 7.67. The summed E-state index contributed by atoms with van der Waals surface area (Å²) in [4.78, 5) is 10.5. The molecule has 0 radical (unpaired) electrons. The molecule has 1 spiro atoms. The Kier molecular flexibility index (Phi) is 3.18. The first kappa shape index (κ1) is 14.5. The van der Waals surface area contributed by atoms with Gasteiger partial charge in [0, 0.05) is 13.5 Å². The molecule has 1 unspecified atom stereocenters. The van der Waals surface area contributed by atoms with Crippen molar-refractivity contribution in [1.82, 2.24) is 5.06 Å². The molecule has 6 nitrogen and oxygen atoms in total. The Morgan fingerprint density at radius 2 is 2.08 bits per heavy atom. The summed E-state index contributed by atoms with van der Waals surface area (Å²) in [5.74, 6) is 1.09. The molecular weight excluding hydrogens is 304 g/mol. The minimum absolute atomic E-state index is 0.347. The monoisotopic (exact) mass is 320 g/mol. The van der Waals surface area contributed by atoms with Crippen molar-refractivity contribution in [2.45, 2.75) is 12.1 Å². The van der Waals surface area contributed by atoms with Crippen LogP contribution in [-0.4, -0.2) is 24.7 Å². The molecule has 6 heteroatoms. The lowest BCUT2D eigenvalue weighted by atomic mass is 9.92. The number of nitrogens with two attached hydrogens (primary N) is 1. The van der Waals surface area contributed by atoms with E-state index >= 15 is 0 Å². The van der Waals surface area contributed by atoms with Crippen molar-refractivity contribution in [2.24, 2.45) is 10.7 Å². The molecule has 2 heterocycles. The van der Waals surface area contributed by atoms with Gasteiger partial charge in [-0.3, -0.25) is 0 Å². The highest BCUT2D eigenvalue weighted by molar-refractivity contribution is 5.79. The second-order valence-corrected chi connectivity index (χ2v) is 5.85. The second kappa shape index (κ2) is 5.25. The number of aliphatic imine (C=N–C) groups is 1. The number of benzene rings is 2. The van der Waals surface area contributed by atoms with E-state index in [9.17, 15) is 0 Å².